The van der Waals surface area contributed by atoms with Crippen LogP contribution in [0.1, 0.15) is 37.0 Å². The lowest BCUT2D eigenvalue weighted by atomic mass is 9.88. The van der Waals surface area contributed by atoms with E-state index in [-0.39, 0.29) is 11.7 Å². The first kappa shape index (κ1) is 13.3. The smallest absolute Gasteiger partial charge is 0.254 e. The summed E-state index contributed by atoms with van der Waals surface area (Å²) in [6, 6.07) is 7.28. The lowest BCUT2D eigenvalue weighted by Gasteiger charge is -2.41. The van der Waals surface area contributed by atoms with E-state index in [4.69, 9.17) is 0 Å². The summed E-state index contributed by atoms with van der Waals surface area (Å²) < 4.78 is 0.870. The van der Waals surface area contributed by atoms with Crippen LogP contribution in [0.5, 0.6) is 0 Å². The molecule has 1 aliphatic rings. The predicted octanol–water partition coefficient (Wildman–Crippen LogP) is 3.03. The van der Waals surface area contributed by atoms with Gasteiger partial charge in [0.1, 0.15) is 0 Å². The molecule has 1 amide bonds. The third-order valence-corrected chi connectivity index (χ3v) is 3.95. The second kappa shape index (κ2) is 4.84. The van der Waals surface area contributed by atoms with Crippen molar-refractivity contribution in [3.63, 3.8) is 0 Å². The summed E-state index contributed by atoms with van der Waals surface area (Å²) in [5, 5.41) is 0. The fraction of sp³-hybridized carbons (Fsp3) is 0.429. The highest BCUT2D eigenvalue weighted by molar-refractivity contribution is 9.10. The van der Waals surface area contributed by atoms with E-state index in [2.05, 4.69) is 15.9 Å². The Balaban J connectivity index is 2.31. The second-order valence-corrected chi connectivity index (χ2v) is 5.97. The molecule has 1 heterocycles. The van der Waals surface area contributed by atoms with Crippen molar-refractivity contribution >= 4 is 27.6 Å². The maximum atomic E-state index is 12.5. The van der Waals surface area contributed by atoms with Crippen molar-refractivity contribution in [2.45, 2.75) is 32.2 Å². The Morgan fingerprint density at radius 1 is 1.39 bits per heavy atom. The summed E-state index contributed by atoms with van der Waals surface area (Å²) >= 11 is 3.36. The van der Waals surface area contributed by atoms with E-state index in [1.807, 2.05) is 26.0 Å². The fourth-order valence-electron chi connectivity index (χ4n) is 2.27. The van der Waals surface area contributed by atoms with Crippen LogP contribution in [0.2, 0.25) is 0 Å². The number of Topliss-reactive ketones (excluding diaryl/α,β-unsaturated/α-hetero) is 1. The van der Waals surface area contributed by atoms with Crippen molar-refractivity contribution < 1.29 is 9.59 Å². The third kappa shape index (κ3) is 2.34. The lowest BCUT2D eigenvalue weighted by molar-refractivity contribution is -0.130. The zero-order valence-corrected chi connectivity index (χ0v) is 12.2. The van der Waals surface area contributed by atoms with Gasteiger partial charge in [0.05, 0.1) is 5.54 Å². The number of rotatable bonds is 1. The predicted molar refractivity (Wildman–Crippen MR) is 73.5 cm³/mol. The Bertz CT molecular complexity index is 496. The molecule has 1 aromatic rings. The van der Waals surface area contributed by atoms with Crippen molar-refractivity contribution in [3.8, 4) is 0 Å². The minimum absolute atomic E-state index is 0.0747. The number of ketones is 1. The maximum Gasteiger partial charge on any atom is 0.254 e. The van der Waals surface area contributed by atoms with Gasteiger partial charge in [-0.15, -0.1) is 0 Å². The standard InChI is InChI=1S/C14H16BrNO2/c1-14(2)12(17)7-4-8-16(14)13(18)10-5-3-6-11(15)9-10/h3,5-6,9H,4,7-8H2,1-2H3. The molecule has 4 heteroatoms. The topological polar surface area (TPSA) is 37.4 Å². The van der Waals surface area contributed by atoms with Crippen molar-refractivity contribution in [2.24, 2.45) is 0 Å². The van der Waals surface area contributed by atoms with Crippen LogP contribution < -0.4 is 0 Å². The molecule has 0 bridgehead atoms. The van der Waals surface area contributed by atoms with Gasteiger partial charge in [0.25, 0.3) is 5.91 Å². The molecule has 1 aliphatic heterocycles. The molecule has 0 unspecified atom stereocenters. The normalized spacial score (nSPS) is 18.8. The first-order valence-electron chi connectivity index (χ1n) is 6.04. The molecule has 1 saturated heterocycles. The molecular weight excluding hydrogens is 294 g/mol. The number of hydrogen-bond acceptors (Lipinski definition) is 2. The van der Waals surface area contributed by atoms with Crippen molar-refractivity contribution in [1.82, 2.24) is 4.90 Å². The van der Waals surface area contributed by atoms with Crippen LogP contribution in [0.4, 0.5) is 0 Å². The van der Waals surface area contributed by atoms with E-state index in [0.29, 0.717) is 18.5 Å². The zero-order chi connectivity index (χ0) is 13.3. The van der Waals surface area contributed by atoms with Crippen LogP contribution in [-0.4, -0.2) is 28.7 Å². The molecule has 0 atom stereocenters. The van der Waals surface area contributed by atoms with Gasteiger partial charge in [-0.3, -0.25) is 9.59 Å². The van der Waals surface area contributed by atoms with E-state index in [9.17, 15) is 9.59 Å². The molecular formula is C14H16BrNO2. The average molecular weight is 310 g/mol. The molecule has 0 spiro atoms. The first-order chi connectivity index (χ1) is 8.43. The van der Waals surface area contributed by atoms with Gasteiger partial charge < -0.3 is 4.90 Å². The quantitative estimate of drug-likeness (QED) is 0.799. The molecule has 1 aromatic carbocycles. The number of halogens is 1. The van der Waals surface area contributed by atoms with E-state index in [0.717, 1.165) is 10.9 Å². The highest BCUT2D eigenvalue weighted by atomic mass is 79.9. The summed E-state index contributed by atoms with van der Waals surface area (Å²) in [6.45, 7) is 4.29. The van der Waals surface area contributed by atoms with Gasteiger partial charge in [-0.05, 0) is 38.5 Å². The van der Waals surface area contributed by atoms with Crippen LogP contribution in [0.25, 0.3) is 0 Å². The van der Waals surface area contributed by atoms with E-state index in [1.165, 1.54) is 0 Å². The number of hydrogen-bond donors (Lipinski definition) is 0. The van der Waals surface area contributed by atoms with Crippen molar-refractivity contribution in [1.29, 1.82) is 0 Å². The van der Waals surface area contributed by atoms with E-state index in [1.54, 1.807) is 17.0 Å². The molecule has 2 rings (SSSR count). The van der Waals surface area contributed by atoms with Crippen molar-refractivity contribution in [3.05, 3.63) is 34.3 Å². The Hall–Kier alpha value is -1.16. The van der Waals surface area contributed by atoms with Gasteiger partial charge >= 0.3 is 0 Å². The minimum Gasteiger partial charge on any atom is -0.326 e. The van der Waals surface area contributed by atoms with Crippen LogP contribution in [0, 0.1) is 0 Å². The first-order valence-corrected chi connectivity index (χ1v) is 6.83. The summed E-state index contributed by atoms with van der Waals surface area (Å²) in [4.78, 5) is 26.1. The number of benzene rings is 1. The van der Waals surface area contributed by atoms with Crippen LogP contribution in [0.3, 0.4) is 0 Å². The monoisotopic (exact) mass is 309 g/mol. The Labute approximate surface area is 115 Å². The average Bonchev–Trinajstić information content (AvgIpc) is 2.32. The van der Waals surface area contributed by atoms with Crippen molar-refractivity contribution in [2.75, 3.05) is 6.54 Å². The van der Waals surface area contributed by atoms with Gasteiger partial charge in [0.2, 0.25) is 0 Å². The molecule has 96 valence electrons. The Morgan fingerprint density at radius 2 is 2.11 bits per heavy atom. The Morgan fingerprint density at radius 3 is 2.78 bits per heavy atom. The van der Waals surface area contributed by atoms with Gasteiger partial charge in [-0.25, -0.2) is 0 Å². The minimum atomic E-state index is -0.697. The summed E-state index contributed by atoms with van der Waals surface area (Å²) in [5.41, 5.74) is -0.0790. The summed E-state index contributed by atoms with van der Waals surface area (Å²) in [7, 11) is 0. The number of amides is 1. The summed E-state index contributed by atoms with van der Waals surface area (Å²) in [6.07, 6.45) is 1.32. The number of likely N-dealkylation sites (tertiary alicyclic amines) is 1. The molecule has 0 aliphatic carbocycles. The van der Waals surface area contributed by atoms with Crippen LogP contribution >= 0.6 is 15.9 Å². The molecule has 0 saturated carbocycles. The van der Waals surface area contributed by atoms with Crippen LogP contribution in [-0.2, 0) is 4.79 Å². The molecule has 0 aromatic heterocycles. The SMILES string of the molecule is CC1(C)C(=O)CCCN1C(=O)c1cccc(Br)c1. The van der Waals surface area contributed by atoms with Gasteiger partial charge in [-0.2, -0.15) is 0 Å². The van der Waals surface area contributed by atoms with Gasteiger partial charge in [-0.1, -0.05) is 22.0 Å². The lowest BCUT2D eigenvalue weighted by Crippen LogP contribution is -2.56. The zero-order valence-electron chi connectivity index (χ0n) is 10.6. The highest BCUT2D eigenvalue weighted by Gasteiger charge is 2.40. The molecule has 0 radical (unpaired) electrons. The number of carbonyl (C=O) groups excluding carboxylic acids is 2. The van der Waals surface area contributed by atoms with E-state index >= 15 is 0 Å². The largest absolute Gasteiger partial charge is 0.326 e. The highest BCUT2D eigenvalue weighted by Crippen LogP contribution is 2.26. The maximum absolute atomic E-state index is 12.5. The van der Waals surface area contributed by atoms with E-state index < -0.39 is 5.54 Å². The molecule has 0 N–H and O–H groups in total. The molecule has 3 nitrogen and oxygen atoms in total. The third-order valence-electron chi connectivity index (χ3n) is 3.46. The fourth-order valence-corrected chi connectivity index (χ4v) is 2.67. The molecule has 1 fully saturated rings. The number of nitrogens with zero attached hydrogens (tertiary/aromatic N) is 1. The summed E-state index contributed by atoms with van der Waals surface area (Å²) in [5.74, 6) is 0.0615. The Kier molecular flexibility index (Phi) is 3.57. The van der Waals surface area contributed by atoms with Gasteiger partial charge in [0.15, 0.2) is 5.78 Å². The molecule has 18 heavy (non-hydrogen) atoms. The van der Waals surface area contributed by atoms with Crippen LogP contribution in [0.15, 0.2) is 28.7 Å². The second-order valence-electron chi connectivity index (χ2n) is 5.05. The number of piperidine rings is 1. The van der Waals surface area contributed by atoms with Gasteiger partial charge in [0, 0.05) is 23.0 Å². The number of carbonyl (C=O) groups is 2.